The highest BCUT2D eigenvalue weighted by Gasteiger charge is 2.26. The number of hydrogen-bond donors (Lipinski definition) is 1. The van der Waals surface area contributed by atoms with Crippen molar-refractivity contribution < 1.29 is 13.6 Å². The minimum absolute atomic E-state index is 0.222. The highest BCUT2D eigenvalue weighted by Crippen LogP contribution is 2.24. The summed E-state index contributed by atoms with van der Waals surface area (Å²) in [7, 11) is 0. The van der Waals surface area contributed by atoms with Crippen molar-refractivity contribution in [1.82, 2.24) is 20.1 Å². The van der Waals surface area contributed by atoms with E-state index in [1.165, 1.54) is 18.4 Å². The van der Waals surface area contributed by atoms with Gasteiger partial charge in [0.2, 0.25) is 5.95 Å². The molecule has 2 aromatic heterocycles. The van der Waals surface area contributed by atoms with Crippen molar-refractivity contribution in [2.45, 2.75) is 6.92 Å². The Labute approximate surface area is 137 Å². The number of furan rings is 1. The highest BCUT2D eigenvalue weighted by molar-refractivity contribution is 6.05. The van der Waals surface area contributed by atoms with Gasteiger partial charge in [-0.05, 0) is 25.1 Å². The van der Waals surface area contributed by atoms with Crippen molar-refractivity contribution in [3.8, 4) is 0 Å². The van der Waals surface area contributed by atoms with Crippen LogP contribution >= 0.6 is 0 Å². The Kier molecular flexibility index (Phi) is 3.44. The Bertz CT molecular complexity index is 895. The topological polar surface area (TPSA) is 78.3 Å². The third-order valence-electron chi connectivity index (χ3n) is 4.18. The van der Waals surface area contributed by atoms with Crippen molar-refractivity contribution in [3.05, 3.63) is 41.7 Å². The average molecular weight is 329 g/mol. The van der Waals surface area contributed by atoms with Crippen LogP contribution < -0.4 is 4.90 Å². The first kappa shape index (κ1) is 14.7. The van der Waals surface area contributed by atoms with Gasteiger partial charge in [-0.3, -0.25) is 9.89 Å². The zero-order valence-electron chi connectivity index (χ0n) is 13.1. The summed E-state index contributed by atoms with van der Waals surface area (Å²) in [5.41, 5.74) is 0.686. The summed E-state index contributed by atoms with van der Waals surface area (Å²) in [4.78, 5) is 20.8. The third-order valence-corrected chi connectivity index (χ3v) is 4.18. The summed E-state index contributed by atoms with van der Waals surface area (Å²) in [6, 6.07) is 4.25. The molecular weight excluding hydrogens is 313 g/mol. The molecule has 0 spiro atoms. The highest BCUT2D eigenvalue weighted by atomic mass is 19.1. The number of rotatable bonds is 2. The van der Waals surface area contributed by atoms with Crippen LogP contribution in [0, 0.1) is 12.7 Å². The number of benzene rings is 1. The standard InChI is InChI=1S/C16H16FN5O2/c1-10-18-16(20-19-10)22-5-3-21(4-6-22)15(23)13-9-12(17)8-11-2-7-24-14(11)13/h2,7-9H,3-6H2,1H3,(H,18,19,20). The number of aromatic nitrogens is 3. The molecule has 1 saturated heterocycles. The van der Waals surface area contributed by atoms with Crippen LogP contribution in [0.5, 0.6) is 0 Å². The zero-order chi connectivity index (χ0) is 16.7. The third kappa shape index (κ3) is 2.49. The van der Waals surface area contributed by atoms with E-state index < -0.39 is 5.82 Å². The van der Waals surface area contributed by atoms with Gasteiger partial charge in [-0.25, -0.2) is 4.39 Å². The van der Waals surface area contributed by atoms with Gasteiger partial charge in [-0.15, -0.1) is 5.10 Å². The summed E-state index contributed by atoms with van der Waals surface area (Å²) >= 11 is 0. The fourth-order valence-electron chi connectivity index (χ4n) is 2.96. The molecule has 8 heteroatoms. The molecule has 0 atom stereocenters. The first-order chi connectivity index (χ1) is 11.6. The number of aromatic amines is 1. The molecule has 1 aliphatic heterocycles. The number of anilines is 1. The molecule has 124 valence electrons. The van der Waals surface area contributed by atoms with Crippen LogP contribution in [0.15, 0.2) is 28.9 Å². The molecule has 0 saturated carbocycles. The Balaban J connectivity index is 1.52. The number of carbonyl (C=O) groups is 1. The lowest BCUT2D eigenvalue weighted by atomic mass is 10.1. The van der Waals surface area contributed by atoms with Crippen LogP contribution in [0.1, 0.15) is 16.2 Å². The van der Waals surface area contributed by atoms with E-state index in [-0.39, 0.29) is 11.5 Å². The van der Waals surface area contributed by atoms with E-state index in [2.05, 4.69) is 15.2 Å². The number of amides is 1. The Morgan fingerprint density at radius 3 is 2.79 bits per heavy atom. The molecule has 1 fully saturated rings. The molecule has 4 rings (SSSR count). The van der Waals surface area contributed by atoms with Crippen LogP contribution in [0.25, 0.3) is 11.0 Å². The van der Waals surface area contributed by atoms with E-state index in [0.717, 1.165) is 5.82 Å². The normalized spacial score (nSPS) is 15.2. The monoisotopic (exact) mass is 329 g/mol. The number of H-pyrrole nitrogens is 1. The first-order valence-corrected chi connectivity index (χ1v) is 7.72. The largest absolute Gasteiger partial charge is 0.464 e. The maximum absolute atomic E-state index is 13.7. The molecule has 3 heterocycles. The SMILES string of the molecule is Cc1nc(N2CCN(C(=O)c3cc(F)cc4ccoc34)CC2)n[nH]1. The van der Waals surface area contributed by atoms with Gasteiger partial charge < -0.3 is 14.2 Å². The van der Waals surface area contributed by atoms with Gasteiger partial charge in [0, 0.05) is 31.6 Å². The predicted molar refractivity (Wildman–Crippen MR) is 85.4 cm³/mol. The van der Waals surface area contributed by atoms with Crippen molar-refractivity contribution in [2.75, 3.05) is 31.1 Å². The second kappa shape index (κ2) is 5.63. The lowest BCUT2D eigenvalue weighted by Crippen LogP contribution is -2.49. The fraction of sp³-hybridized carbons (Fsp3) is 0.312. The van der Waals surface area contributed by atoms with Gasteiger partial charge in [0.15, 0.2) is 0 Å². The Morgan fingerprint density at radius 2 is 2.08 bits per heavy atom. The molecule has 24 heavy (non-hydrogen) atoms. The van der Waals surface area contributed by atoms with E-state index in [4.69, 9.17) is 4.42 Å². The Hall–Kier alpha value is -2.90. The molecule has 7 nitrogen and oxygen atoms in total. The molecule has 1 amide bonds. The summed E-state index contributed by atoms with van der Waals surface area (Å²) in [6.45, 7) is 4.13. The lowest BCUT2D eigenvalue weighted by Gasteiger charge is -2.34. The summed E-state index contributed by atoms with van der Waals surface area (Å²) in [5, 5.41) is 7.54. The molecule has 0 unspecified atom stereocenters. The van der Waals surface area contributed by atoms with Crippen LogP contribution in [0.2, 0.25) is 0 Å². The van der Waals surface area contributed by atoms with Gasteiger partial charge in [-0.2, -0.15) is 4.98 Å². The van der Waals surface area contributed by atoms with E-state index in [1.54, 1.807) is 11.0 Å². The van der Waals surface area contributed by atoms with Crippen LogP contribution in [0.3, 0.4) is 0 Å². The van der Waals surface area contributed by atoms with Crippen LogP contribution in [-0.4, -0.2) is 52.2 Å². The molecule has 0 radical (unpaired) electrons. The van der Waals surface area contributed by atoms with Gasteiger partial charge >= 0.3 is 0 Å². The molecule has 1 aliphatic rings. The molecular formula is C16H16FN5O2. The summed E-state index contributed by atoms with van der Waals surface area (Å²) in [5.74, 6) is 0.726. The molecule has 1 aromatic carbocycles. The summed E-state index contributed by atoms with van der Waals surface area (Å²) in [6.07, 6.45) is 1.46. The van der Waals surface area contributed by atoms with E-state index >= 15 is 0 Å². The maximum Gasteiger partial charge on any atom is 0.257 e. The number of halogens is 1. The number of nitrogens with one attached hydrogen (secondary N) is 1. The van der Waals surface area contributed by atoms with Crippen molar-refractivity contribution >= 4 is 22.8 Å². The molecule has 0 aliphatic carbocycles. The minimum Gasteiger partial charge on any atom is -0.464 e. The van der Waals surface area contributed by atoms with E-state index in [9.17, 15) is 9.18 Å². The van der Waals surface area contributed by atoms with Crippen molar-refractivity contribution in [1.29, 1.82) is 0 Å². The maximum atomic E-state index is 13.7. The zero-order valence-corrected chi connectivity index (χ0v) is 13.1. The number of hydrogen-bond acceptors (Lipinski definition) is 5. The first-order valence-electron chi connectivity index (χ1n) is 7.72. The molecule has 1 N–H and O–H groups in total. The second-order valence-electron chi connectivity index (χ2n) is 5.79. The van der Waals surface area contributed by atoms with Crippen molar-refractivity contribution in [3.63, 3.8) is 0 Å². The van der Waals surface area contributed by atoms with Crippen molar-refractivity contribution in [2.24, 2.45) is 0 Å². The summed E-state index contributed by atoms with van der Waals surface area (Å²) < 4.78 is 19.1. The van der Waals surface area contributed by atoms with Crippen LogP contribution in [0.4, 0.5) is 10.3 Å². The second-order valence-corrected chi connectivity index (χ2v) is 5.79. The smallest absolute Gasteiger partial charge is 0.257 e. The predicted octanol–water partition coefficient (Wildman–Crippen LogP) is 1.96. The fourth-order valence-corrected chi connectivity index (χ4v) is 2.96. The van der Waals surface area contributed by atoms with Gasteiger partial charge in [0.25, 0.3) is 5.91 Å². The number of piperazine rings is 1. The lowest BCUT2D eigenvalue weighted by molar-refractivity contribution is 0.0746. The quantitative estimate of drug-likeness (QED) is 0.777. The van der Waals surface area contributed by atoms with E-state index in [0.29, 0.717) is 43.1 Å². The number of aryl methyl sites for hydroxylation is 1. The Morgan fingerprint density at radius 1 is 1.29 bits per heavy atom. The van der Waals surface area contributed by atoms with Gasteiger partial charge in [-0.1, -0.05) is 0 Å². The number of carbonyl (C=O) groups excluding carboxylic acids is 1. The van der Waals surface area contributed by atoms with Gasteiger partial charge in [0.05, 0.1) is 11.8 Å². The van der Waals surface area contributed by atoms with Crippen LogP contribution in [-0.2, 0) is 0 Å². The van der Waals surface area contributed by atoms with E-state index in [1.807, 2.05) is 11.8 Å². The van der Waals surface area contributed by atoms with Gasteiger partial charge in [0.1, 0.15) is 17.2 Å². The number of nitrogens with zero attached hydrogens (tertiary/aromatic N) is 4. The number of fused-ring (bicyclic) bond motifs is 1. The minimum atomic E-state index is -0.443. The molecule has 0 bridgehead atoms. The molecule has 3 aromatic rings. The average Bonchev–Trinajstić information content (AvgIpc) is 3.22.